The van der Waals surface area contributed by atoms with Crippen LogP contribution < -0.4 is 10.6 Å². The van der Waals surface area contributed by atoms with Crippen molar-refractivity contribution in [1.82, 2.24) is 20.9 Å². The fourth-order valence-corrected chi connectivity index (χ4v) is 3.08. The largest absolute Gasteiger partial charge is 0.361 e. The Labute approximate surface area is 149 Å². The number of nitrogens with one attached hydrogen (secondary N) is 2. The third-order valence-corrected chi connectivity index (χ3v) is 4.42. The molecule has 2 aromatic rings. The fourth-order valence-electron chi connectivity index (χ4n) is 3.08. The Hall–Kier alpha value is -2.31. The van der Waals surface area contributed by atoms with Crippen LogP contribution in [0.3, 0.4) is 0 Å². The lowest BCUT2D eigenvalue weighted by atomic mass is 10.00. The van der Waals surface area contributed by atoms with E-state index < -0.39 is 0 Å². The van der Waals surface area contributed by atoms with Gasteiger partial charge in [0.15, 0.2) is 5.96 Å². The van der Waals surface area contributed by atoms with E-state index in [9.17, 15) is 0 Å². The predicted octanol–water partition coefficient (Wildman–Crippen LogP) is 2.87. The number of rotatable bonds is 7. The van der Waals surface area contributed by atoms with Gasteiger partial charge in [-0.15, -0.1) is 0 Å². The van der Waals surface area contributed by atoms with Gasteiger partial charge in [0.05, 0.1) is 11.4 Å². The van der Waals surface area contributed by atoms with Crippen LogP contribution in [-0.2, 0) is 19.4 Å². The standard InChI is InChI=1S/C18H29N5O2/c1-7-15-14(16(8-2)25-23-15)10-21-18(19-6)20-9-11(3)17-12(4)22-24-13(17)5/h11H,7-10H2,1-6H3,(H2,19,20,21). The summed E-state index contributed by atoms with van der Waals surface area (Å²) in [6.45, 7) is 11.6. The zero-order chi connectivity index (χ0) is 18.4. The van der Waals surface area contributed by atoms with Gasteiger partial charge < -0.3 is 19.7 Å². The van der Waals surface area contributed by atoms with Gasteiger partial charge in [-0.2, -0.15) is 0 Å². The third-order valence-electron chi connectivity index (χ3n) is 4.42. The first-order chi connectivity index (χ1) is 12.0. The smallest absolute Gasteiger partial charge is 0.191 e. The van der Waals surface area contributed by atoms with Crippen molar-refractivity contribution in [1.29, 1.82) is 0 Å². The molecule has 0 aliphatic heterocycles. The molecule has 0 bridgehead atoms. The van der Waals surface area contributed by atoms with Crippen LogP contribution in [0, 0.1) is 13.8 Å². The van der Waals surface area contributed by atoms with Crippen LogP contribution in [0.2, 0.25) is 0 Å². The zero-order valence-corrected chi connectivity index (χ0v) is 16.1. The first kappa shape index (κ1) is 19.0. The summed E-state index contributed by atoms with van der Waals surface area (Å²) in [4.78, 5) is 4.30. The van der Waals surface area contributed by atoms with Gasteiger partial charge in [-0.05, 0) is 20.3 Å². The molecular formula is C18H29N5O2. The van der Waals surface area contributed by atoms with E-state index in [-0.39, 0.29) is 5.92 Å². The third kappa shape index (κ3) is 4.41. The van der Waals surface area contributed by atoms with Gasteiger partial charge in [0.2, 0.25) is 0 Å². The van der Waals surface area contributed by atoms with Gasteiger partial charge >= 0.3 is 0 Å². The van der Waals surface area contributed by atoms with Gasteiger partial charge in [-0.1, -0.05) is 31.1 Å². The first-order valence-electron chi connectivity index (χ1n) is 8.85. The minimum atomic E-state index is 0.276. The Kier molecular flexibility index (Phi) is 6.61. The number of aryl methyl sites for hydroxylation is 4. The molecule has 2 rings (SSSR count). The lowest BCUT2D eigenvalue weighted by Crippen LogP contribution is -2.39. The maximum atomic E-state index is 5.41. The van der Waals surface area contributed by atoms with E-state index in [0.29, 0.717) is 6.54 Å². The van der Waals surface area contributed by atoms with Crippen molar-refractivity contribution >= 4 is 5.96 Å². The van der Waals surface area contributed by atoms with Gasteiger partial charge in [-0.25, -0.2) is 0 Å². The van der Waals surface area contributed by atoms with Crippen LogP contribution in [0.4, 0.5) is 0 Å². The van der Waals surface area contributed by atoms with Crippen molar-refractivity contribution in [3.63, 3.8) is 0 Å². The van der Waals surface area contributed by atoms with Crippen LogP contribution in [0.5, 0.6) is 0 Å². The molecule has 0 saturated carbocycles. The molecule has 7 nitrogen and oxygen atoms in total. The van der Waals surface area contributed by atoms with Crippen molar-refractivity contribution in [2.75, 3.05) is 13.6 Å². The summed E-state index contributed by atoms with van der Waals surface area (Å²) in [7, 11) is 1.77. The molecule has 1 atom stereocenters. The van der Waals surface area contributed by atoms with Crippen molar-refractivity contribution < 1.29 is 9.05 Å². The Morgan fingerprint density at radius 2 is 1.88 bits per heavy atom. The fraction of sp³-hybridized carbons (Fsp3) is 0.611. The topological polar surface area (TPSA) is 88.5 Å². The Balaban J connectivity index is 1.94. The van der Waals surface area contributed by atoms with E-state index in [2.05, 4.69) is 46.7 Å². The van der Waals surface area contributed by atoms with Gasteiger partial charge in [0.1, 0.15) is 11.5 Å². The van der Waals surface area contributed by atoms with E-state index in [1.54, 1.807) is 7.05 Å². The number of nitrogens with zero attached hydrogens (tertiary/aromatic N) is 3. The average molecular weight is 347 g/mol. The van der Waals surface area contributed by atoms with E-state index in [0.717, 1.165) is 59.4 Å². The normalized spacial score (nSPS) is 13.1. The molecule has 7 heteroatoms. The van der Waals surface area contributed by atoms with Crippen molar-refractivity contribution in [3.8, 4) is 0 Å². The van der Waals surface area contributed by atoms with Crippen molar-refractivity contribution in [3.05, 3.63) is 34.0 Å². The van der Waals surface area contributed by atoms with Gasteiger partial charge in [0, 0.05) is 43.6 Å². The molecular weight excluding hydrogens is 318 g/mol. The van der Waals surface area contributed by atoms with Gasteiger partial charge in [0.25, 0.3) is 0 Å². The minimum Gasteiger partial charge on any atom is -0.361 e. The maximum absolute atomic E-state index is 5.41. The molecule has 2 N–H and O–H groups in total. The molecule has 0 saturated heterocycles. The Bertz CT molecular complexity index is 676. The summed E-state index contributed by atoms with van der Waals surface area (Å²) in [6, 6.07) is 0. The second-order valence-corrected chi connectivity index (χ2v) is 6.18. The van der Waals surface area contributed by atoms with Gasteiger partial charge in [-0.3, -0.25) is 4.99 Å². The quantitative estimate of drug-likeness (QED) is 0.591. The summed E-state index contributed by atoms with van der Waals surface area (Å²) in [6.07, 6.45) is 1.69. The molecule has 0 aliphatic rings. The summed E-state index contributed by atoms with van der Waals surface area (Å²) in [5, 5.41) is 14.9. The number of aliphatic imine (C=N–C) groups is 1. The number of hydrogen-bond donors (Lipinski definition) is 2. The maximum Gasteiger partial charge on any atom is 0.191 e. The highest BCUT2D eigenvalue weighted by atomic mass is 16.5. The zero-order valence-electron chi connectivity index (χ0n) is 16.1. The lowest BCUT2D eigenvalue weighted by Gasteiger charge is -2.16. The lowest BCUT2D eigenvalue weighted by molar-refractivity contribution is 0.380. The van der Waals surface area contributed by atoms with Crippen molar-refractivity contribution in [2.24, 2.45) is 4.99 Å². The van der Waals surface area contributed by atoms with E-state index >= 15 is 0 Å². The molecule has 138 valence electrons. The van der Waals surface area contributed by atoms with E-state index in [4.69, 9.17) is 9.05 Å². The minimum absolute atomic E-state index is 0.276. The number of guanidine groups is 1. The molecule has 0 fully saturated rings. The van der Waals surface area contributed by atoms with Crippen LogP contribution >= 0.6 is 0 Å². The highest BCUT2D eigenvalue weighted by Crippen LogP contribution is 2.22. The Morgan fingerprint density at radius 3 is 2.44 bits per heavy atom. The highest BCUT2D eigenvalue weighted by molar-refractivity contribution is 5.79. The second kappa shape index (κ2) is 8.69. The van der Waals surface area contributed by atoms with Crippen LogP contribution in [-0.4, -0.2) is 29.9 Å². The van der Waals surface area contributed by atoms with E-state index in [1.165, 1.54) is 0 Å². The predicted molar refractivity (Wildman–Crippen MR) is 97.9 cm³/mol. The molecule has 0 aromatic carbocycles. The molecule has 0 amide bonds. The summed E-state index contributed by atoms with van der Waals surface area (Å²) in [5.74, 6) is 2.84. The van der Waals surface area contributed by atoms with E-state index in [1.807, 2.05) is 13.8 Å². The Morgan fingerprint density at radius 1 is 1.12 bits per heavy atom. The SMILES string of the molecule is CCc1noc(CC)c1CNC(=NC)NCC(C)c1c(C)noc1C. The molecule has 25 heavy (non-hydrogen) atoms. The monoisotopic (exact) mass is 347 g/mol. The molecule has 0 aliphatic carbocycles. The van der Waals surface area contributed by atoms with Crippen LogP contribution in [0.25, 0.3) is 0 Å². The molecule has 0 radical (unpaired) electrons. The molecule has 2 aromatic heterocycles. The first-order valence-corrected chi connectivity index (χ1v) is 8.85. The highest BCUT2D eigenvalue weighted by Gasteiger charge is 2.17. The second-order valence-electron chi connectivity index (χ2n) is 6.18. The number of aromatic nitrogens is 2. The average Bonchev–Trinajstić information content (AvgIpc) is 3.17. The molecule has 0 spiro atoms. The molecule has 1 unspecified atom stereocenters. The number of hydrogen-bond acceptors (Lipinski definition) is 5. The van der Waals surface area contributed by atoms with Crippen LogP contribution in [0.1, 0.15) is 60.7 Å². The van der Waals surface area contributed by atoms with Crippen molar-refractivity contribution in [2.45, 2.75) is 59.9 Å². The summed E-state index contributed by atoms with van der Waals surface area (Å²) >= 11 is 0. The summed E-state index contributed by atoms with van der Waals surface area (Å²) < 4.78 is 10.7. The molecule has 2 heterocycles. The summed E-state index contributed by atoms with van der Waals surface area (Å²) in [5.41, 5.74) is 4.23. The van der Waals surface area contributed by atoms with Crippen LogP contribution in [0.15, 0.2) is 14.0 Å².